The van der Waals surface area contributed by atoms with E-state index in [-0.39, 0.29) is 17.9 Å². The number of para-hydroxylation sites is 1. The number of hydrogen-bond acceptors (Lipinski definition) is 6. The van der Waals surface area contributed by atoms with Crippen LogP contribution in [-0.4, -0.2) is 37.7 Å². The second-order valence-electron chi connectivity index (χ2n) is 8.16. The summed E-state index contributed by atoms with van der Waals surface area (Å²) < 4.78 is 18.1. The van der Waals surface area contributed by atoms with Crippen LogP contribution in [0.3, 0.4) is 0 Å². The minimum absolute atomic E-state index is 0.214. The Hall–Kier alpha value is -3.82. The summed E-state index contributed by atoms with van der Waals surface area (Å²) in [6.07, 6.45) is 1.39. The number of carbonyl (C=O) groups excluding carboxylic acids is 3. The first-order valence-electron chi connectivity index (χ1n) is 11.7. The summed E-state index contributed by atoms with van der Waals surface area (Å²) in [5, 5.41) is 2.65. The number of anilines is 1. The van der Waals surface area contributed by atoms with Crippen molar-refractivity contribution < 1.29 is 28.6 Å². The molecule has 1 aliphatic heterocycles. The van der Waals surface area contributed by atoms with Crippen LogP contribution in [0.15, 0.2) is 70.7 Å². The lowest BCUT2D eigenvalue weighted by Gasteiger charge is -2.26. The van der Waals surface area contributed by atoms with Crippen LogP contribution in [0.5, 0.6) is 17.2 Å². The lowest BCUT2D eigenvalue weighted by molar-refractivity contribution is -0.122. The highest BCUT2D eigenvalue weighted by Crippen LogP contribution is 2.38. The van der Waals surface area contributed by atoms with E-state index in [1.54, 1.807) is 24.3 Å². The molecule has 4 rings (SSSR count). The standard InChI is InChI=1S/C28H24BrClN2O6/c1-3-36-24-16-18(15-22(29)25(24)38-13-12-37-23-7-5-4-6-17(23)2)14-21-26(33)31-28(35)32(27(21)34)20-10-8-19(30)9-11-20/h4-11,14-16H,3,12-13H2,1-2H3,(H,31,33,35)/b21-14-. The number of carbonyl (C=O) groups is 3. The Bertz CT molecular complexity index is 1410. The SMILES string of the molecule is CCOc1cc(/C=C2/C(=O)NC(=O)N(c3ccc(Cl)cc3)C2=O)cc(Br)c1OCCOc1ccccc1C. The molecule has 0 bridgehead atoms. The molecular formula is C28H24BrClN2O6. The molecule has 0 radical (unpaired) electrons. The van der Waals surface area contributed by atoms with Crippen LogP contribution in [0.1, 0.15) is 18.1 Å². The van der Waals surface area contributed by atoms with E-state index >= 15 is 0 Å². The highest BCUT2D eigenvalue weighted by atomic mass is 79.9. The maximum Gasteiger partial charge on any atom is 0.335 e. The van der Waals surface area contributed by atoms with Crippen molar-refractivity contribution >= 4 is 57.1 Å². The van der Waals surface area contributed by atoms with Crippen LogP contribution in [0.4, 0.5) is 10.5 Å². The molecule has 0 saturated carbocycles. The molecule has 1 N–H and O–H groups in total. The predicted octanol–water partition coefficient (Wildman–Crippen LogP) is 5.93. The third-order valence-electron chi connectivity index (χ3n) is 5.51. The van der Waals surface area contributed by atoms with Crippen LogP contribution in [0, 0.1) is 6.92 Å². The molecule has 0 aliphatic carbocycles. The Morgan fingerprint density at radius 2 is 1.66 bits per heavy atom. The maximum absolute atomic E-state index is 13.2. The third-order valence-corrected chi connectivity index (χ3v) is 6.35. The number of urea groups is 1. The quantitative estimate of drug-likeness (QED) is 0.186. The average molecular weight is 600 g/mol. The van der Waals surface area contributed by atoms with Crippen molar-refractivity contribution in [1.29, 1.82) is 0 Å². The topological polar surface area (TPSA) is 94.2 Å². The van der Waals surface area contributed by atoms with E-state index in [9.17, 15) is 14.4 Å². The molecule has 3 aromatic carbocycles. The number of imide groups is 2. The fraction of sp³-hybridized carbons (Fsp3) is 0.179. The van der Waals surface area contributed by atoms with Crippen LogP contribution in [0.2, 0.25) is 5.02 Å². The number of barbiturate groups is 1. The van der Waals surface area contributed by atoms with E-state index in [2.05, 4.69) is 21.2 Å². The highest BCUT2D eigenvalue weighted by molar-refractivity contribution is 9.10. The van der Waals surface area contributed by atoms with Crippen molar-refractivity contribution in [3.05, 3.63) is 86.9 Å². The summed E-state index contributed by atoms with van der Waals surface area (Å²) >= 11 is 9.42. The lowest BCUT2D eigenvalue weighted by atomic mass is 10.1. The number of amides is 4. The summed E-state index contributed by atoms with van der Waals surface area (Å²) in [7, 11) is 0. The fourth-order valence-electron chi connectivity index (χ4n) is 3.74. The molecule has 3 aromatic rings. The van der Waals surface area contributed by atoms with E-state index < -0.39 is 17.8 Å². The zero-order valence-corrected chi connectivity index (χ0v) is 23.0. The van der Waals surface area contributed by atoms with Gasteiger partial charge in [0.1, 0.15) is 24.5 Å². The van der Waals surface area contributed by atoms with E-state index in [1.807, 2.05) is 38.1 Å². The lowest BCUT2D eigenvalue weighted by Crippen LogP contribution is -2.54. The smallest absolute Gasteiger partial charge is 0.335 e. The second kappa shape index (κ2) is 12.1. The summed E-state index contributed by atoms with van der Waals surface area (Å²) in [5.41, 5.74) is 1.59. The van der Waals surface area contributed by atoms with Crippen molar-refractivity contribution in [3.63, 3.8) is 0 Å². The summed E-state index contributed by atoms with van der Waals surface area (Å²) in [5.74, 6) is 0.0965. The van der Waals surface area contributed by atoms with E-state index in [4.69, 9.17) is 25.8 Å². The minimum Gasteiger partial charge on any atom is -0.490 e. The Morgan fingerprint density at radius 1 is 0.947 bits per heavy atom. The minimum atomic E-state index is -0.840. The van der Waals surface area contributed by atoms with Gasteiger partial charge in [0.05, 0.1) is 16.8 Å². The number of hydrogen-bond donors (Lipinski definition) is 1. The first-order valence-corrected chi connectivity index (χ1v) is 12.9. The Balaban J connectivity index is 1.55. The molecule has 1 heterocycles. The maximum atomic E-state index is 13.2. The van der Waals surface area contributed by atoms with E-state index in [0.717, 1.165) is 16.2 Å². The number of nitrogens with one attached hydrogen (secondary N) is 1. The molecule has 0 atom stereocenters. The monoisotopic (exact) mass is 598 g/mol. The van der Waals surface area contributed by atoms with E-state index in [0.29, 0.717) is 39.8 Å². The zero-order valence-electron chi connectivity index (χ0n) is 20.6. The number of nitrogens with zero attached hydrogens (tertiary/aromatic N) is 1. The highest BCUT2D eigenvalue weighted by Gasteiger charge is 2.36. The molecule has 4 amide bonds. The predicted molar refractivity (Wildman–Crippen MR) is 148 cm³/mol. The molecule has 1 aliphatic rings. The first kappa shape index (κ1) is 27.2. The Labute approximate surface area is 233 Å². The number of benzene rings is 3. The normalized spacial score (nSPS) is 14.5. The van der Waals surface area contributed by atoms with Gasteiger partial charge >= 0.3 is 6.03 Å². The van der Waals surface area contributed by atoms with Crippen LogP contribution in [-0.2, 0) is 9.59 Å². The van der Waals surface area contributed by atoms with Crippen LogP contribution in [0.25, 0.3) is 6.08 Å². The van der Waals surface area contributed by atoms with Gasteiger partial charge in [0.15, 0.2) is 11.5 Å². The number of aryl methyl sites for hydroxylation is 1. The van der Waals surface area contributed by atoms with Crippen molar-refractivity contribution in [2.75, 3.05) is 24.7 Å². The van der Waals surface area contributed by atoms with Gasteiger partial charge in [-0.2, -0.15) is 0 Å². The Kier molecular flexibility index (Phi) is 8.70. The van der Waals surface area contributed by atoms with E-state index in [1.165, 1.54) is 18.2 Å². The molecule has 0 aromatic heterocycles. The zero-order chi connectivity index (χ0) is 27.2. The first-order chi connectivity index (χ1) is 18.3. The molecule has 0 spiro atoms. The summed E-state index contributed by atoms with van der Waals surface area (Å²) in [6, 6.07) is 16.4. The Morgan fingerprint density at radius 3 is 2.37 bits per heavy atom. The molecule has 1 saturated heterocycles. The van der Waals surface area contributed by atoms with Gasteiger partial charge in [-0.1, -0.05) is 29.8 Å². The van der Waals surface area contributed by atoms with Gasteiger partial charge in [0.25, 0.3) is 11.8 Å². The summed E-state index contributed by atoms with van der Waals surface area (Å²) in [6.45, 7) is 4.73. The largest absolute Gasteiger partial charge is 0.490 e. The molecule has 10 heteroatoms. The van der Waals surface area contributed by atoms with Gasteiger partial charge in [-0.3, -0.25) is 14.9 Å². The van der Waals surface area contributed by atoms with Gasteiger partial charge in [0, 0.05) is 5.02 Å². The van der Waals surface area contributed by atoms with Crippen LogP contribution < -0.4 is 24.4 Å². The van der Waals surface area contributed by atoms with Gasteiger partial charge < -0.3 is 14.2 Å². The van der Waals surface area contributed by atoms with Crippen molar-refractivity contribution in [3.8, 4) is 17.2 Å². The van der Waals surface area contributed by atoms with Gasteiger partial charge in [-0.05, 0) is 89.4 Å². The van der Waals surface area contributed by atoms with Crippen molar-refractivity contribution in [1.82, 2.24) is 5.32 Å². The molecule has 196 valence electrons. The molecule has 8 nitrogen and oxygen atoms in total. The van der Waals surface area contributed by atoms with Gasteiger partial charge in [0.2, 0.25) is 0 Å². The van der Waals surface area contributed by atoms with Crippen molar-refractivity contribution in [2.45, 2.75) is 13.8 Å². The third kappa shape index (κ3) is 6.17. The average Bonchev–Trinajstić information content (AvgIpc) is 2.88. The number of ether oxygens (including phenoxy) is 3. The van der Waals surface area contributed by atoms with Crippen molar-refractivity contribution in [2.24, 2.45) is 0 Å². The molecule has 0 unspecified atom stereocenters. The molecule has 1 fully saturated rings. The van der Waals surface area contributed by atoms with Crippen LogP contribution >= 0.6 is 27.5 Å². The number of rotatable bonds is 9. The summed E-state index contributed by atoms with van der Waals surface area (Å²) in [4.78, 5) is 39.1. The number of halogens is 2. The molecular weight excluding hydrogens is 576 g/mol. The van der Waals surface area contributed by atoms with Gasteiger partial charge in [-0.15, -0.1) is 0 Å². The fourth-order valence-corrected chi connectivity index (χ4v) is 4.44. The van der Waals surface area contributed by atoms with Gasteiger partial charge in [-0.25, -0.2) is 9.69 Å². The second-order valence-corrected chi connectivity index (χ2v) is 9.45. The molecule has 38 heavy (non-hydrogen) atoms.